The second-order valence-electron chi connectivity index (χ2n) is 2.72. The molecule has 0 amide bonds. The molecular weight excluding hydrogens is 181 g/mol. The maximum Gasteiger partial charge on any atom is 0.231 e. The fraction of sp³-hybridized carbons (Fsp3) is 0. The van der Waals surface area contributed by atoms with E-state index in [0.717, 1.165) is 11.9 Å². The first-order valence-electron chi connectivity index (χ1n) is 4.14. The maximum absolute atomic E-state index is 12.4. The lowest BCUT2D eigenvalue weighted by Gasteiger charge is -2.03. The quantitative estimate of drug-likeness (QED) is 0.788. The first kappa shape index (κ1) is 8.62. The topological polar surface area (TPSA) is 37.8 Å². The van der Waals surface area contributed by atoms with Crippen molar-refractivity contribution in [3.05, 3.63) is 48.7 Å². The molecule has 14 heavy (non-hydrogen) atoms. The van der Waals surface area contributed by atoms with Gasteiger partial charge in [0, 0.05) is 5.69 Å². The van der Waals surface area contributed by atoms with Crippen molar-refractivity contribution in [2.24, 2.45) is 0 Å². The Hall–Kier alpha value is -1.97. The van der Waals surface area contributed by atoms with Crippen LogP contribution in [0.2, 0.25) is 0 Å². The van der Waals surface area contributed by atoms with Gasteiger partial charge in [0.15, 0.2) is 0 Å². The minimum atomic E-state index is -0.580. The Balaban J connectivity index is 2.16. The zero-order valence-corrected chi connectivity index (χ0v) is 7.31. The summed E-state index contributed by atoms with van der Waals surface area (Å²) < 4.78 is 12.4. The summed E-state index contributed by atoms with van der Waals surface area (Å²) in [6, 6.07) is 9.51. The average Bonchev–Trinajstić information content (AvgIpc) is 2.23. The summed E-state index contributed by atoms with van der Waals surface area (Å²) in [5, 5.41) is 2.99. The average molecular weight is 189 g/mol. The molecule has 2 rings (SSSR count). The Kier molecular flexibility index (Phi) is 2.36. The van der Waals surface area contributed by atoms with Crippen molar-refractivity contribution in [1.82, 2.24) is 9.97 Å². The Morgan fingerprint density at radius 3 is 2.43 bits per heavy atom. The Bertz CT molecular complexity index is 399. The molecule has 0 saturated carbocycles. The minimum Gasteiger partial charge on any atom is -0.339 e. The molecule has 0 aliphatic rings. The number of benzene rings is 1. The first-order chi connectivity index (χ1) is 6.84. The van der Waals surface area contributed by atoms with E-state index in [1.807, 2.05) is 30.3 Å². The third kappa shape index (κ3) is 2.04. The van der Waals surface area contributed by atoms with Crippen LogP contribution in [0.3, 0.4) is 0 Å². The molecule has 0 radical (unpaired) electrons. The van der Waals surface area contributed by atoms with Crippen LogP contribution in [-0.2, 0) is 0 Å². The van der Waals surface area contributed by atoms with Gasteiger partial charge in [-0.1, -0.05) is 18.2 Å². The molecule has 0 fully saturated rings. The summed E-state index contributed by atoms with van der Waals surface area (Å²) in [7, 11) is 0. The van der Waals surface area contributed by atoms with Gasteiger partial charge in [-0.05, 0) is 12.1 Å². The molecule has 0 bridgehead atoms. The number of rotatable bonds is 2. The van der Waals surface area contributed by atoms with Crippen LogP contribution in [0.4, 0.5) is 15.9 Å². The van der Waals surface area contributed by atoms with E-state index < -0.39 is 5.95 Å². The van der Waals surface area contributed by atoms with E-state index in [0.29, 0.717) is 5.82 Å². The van der Waals surface area contributed by atoms with Gasteiger partial charge in [0.1, 0.15) is 5.82 Å². The zero-order chi connectivity index (χ0) is 9.80. The molecule has 3 nitrogen and oxygen atoms in total. The summed E-state index contributed by atoms with van der Waals surface area (Å²) in [5.41, 5.74) is 0.897. The van der Waals surface area contributed by atoms with Gasteiger partial charge in [-0.15, -0.1) is 0 Å². The van der Waals surface area contributed by atoms with E-state index in [1.54, 1.807) is 0 Å². The van der Waals surface area contributed by atoms with Crippen LogP contribution in [0.1, 0.15) is 0 Å². The molecule has 0 unspecified atom stereocenters. The summed E-state index contributed by atoms with van der Waals surface area (Å²) in [5.74, 6) is -0.0544. The Morgan fingerprint density at radius 1 is 1.00 bits per heavy atom. The van der Waals surface area contributed by atoms with Gasteiger partial charge in [-0.3, -0.25) is 0 Å². The second kappa shape index (κ2) is 3.83. The number of para-hydroxylation sites is 1. The molecule has 0 aliphatic heterocycles. The minimum absolute atomic E-state index is 0.526. The lowest BCUT2D eigenvalue weighted by Crippen LogP contribution is -1.94. The van der Waals surface area contributed by atoms with Gasteiger partial charge in [0.25, 0.3) is 0 Å². The van der Waals surface area contributed by atoms with Gasteiger partial charge in [-0.2, -0.15) is 4.39 Å². The zero-order valence-electron chi connectivity index (χ0n) is 7.31. The number of nitrogens with one attached hydrogen (secondary N) is 1. The largest absolute Gasteiger partial charge is 0.339 e. The van der Waals surface area contributed by atoms with Crippen molar-refractivity contribution in [2.75, 3.05) is 5.32 Å². The van der Waals surface area contributed by atoms with Crippen LogP contribution in [-0.4, -0.2) is 9.97 Å². The third-order valence-corrected chi connectivity index (χ3v) is 1.67. The molecule has 2 aromatic rings. The normalized spacial score (nSPS) is 9.79. The number of hydrogen-bond donors (Lipinski definition) is 1. The second-order valence-corrected chi connectivity index (χ2v) is 2.72. The number of anilines is 2. The van der Waals surface area contributed by atoms with Crippen molar-refractivity contribution >= 4 is 11.5 Å². The number of nitrogens with zero attached hydrogens (tertiary/aromatic N) is 2. The van der Waals surface area contributed by atoms with E-state index in [-0.39, 0.29) is 0 Å². The number of aromatic nitrogens is 2. The van der Waals surface area contributed by atoms with E-state index in [2.05, 4.69) is 15.3 Å². The van der Waals surface area contributed by atoms with Crippen molar-refractivity contribution in [3.8, 4) is 0 Å². The number of halogens is 1. The summed E-state index contributed by atoms with van der Waals surface area (Å²) in [6.07, 6.45) is 2.42. The van der Waals surface area contributed by atoms with Gasteiger partial charge >= 0.3 is 0 Å². The van der Waals surface area contributed by atoms with E-state index in [4.69, 9.17) is 0 Å². The van der Waals surface area contributed by atoms with Gasteiger partial charge in [0.2, 0.25) is 5.95 Å². The highest BCUT2D eigenvalue weighted by atomic mass is 19.1. The molecule has 0 aliphatic carbocycles. The number of hydrogen-bond acceptors (Lipinski definition) is 3. The molecule has 1 N–H and O–H groups in total. The lowest BCUT2D eigenvalue weighted by atomic mass is 10.3. The van der Waals surface area contributed by atoms with Crippen LogP contribution >= 0.6 is 0 Å². The predicted octanol–water partition coefficient (Wildman–Crippen LogP) is 2.36. The highest BCUT2D eigenvalue weighted by molar-refractivity contribution is 5.54. The maximum atomic E-state index is 12.4. The molecule has 1 aromatic carbocycles. The van der Waals surface area contributed by atoms with Crippen LogP contribution in [0.15, 0.2) is 42.7 Å². The monoisotopic (exact) mass is 189 g/mol. The van der Waals surface area contributed by atoms with Gasteiger partial charge in [0.05, 0.1) is 12.4 Å². The van der Waals surface area contributed by atoms with Crippen molar-refractivity contribution in [1.29, 1.82) is 0 Å². The fourth-order valence-corrected chi connectivity index (χ4v) is 1.05. The van der Waals surface area contributed by atoms with Crippen molar-refractivity contribution < 1.29 is 4.39 Å². The summed E-state index contributed by atoms with van der Waals surface area (Å²) >= 11 is 0. The standard InChI is InChI=1S/C10H8FN3/c11-9-6-13-10(7-12-9)14-8-4-2-1-3-5-8/h1-7H,(H,13,14). The van der Waals surface area contributed by atoms with Gasteiger partial charge in [-0.25, -0.2) is 9.97 Å². The SMILES string of the molecule is Fc1cnc(Nc2ccccc2)cn1. The molecule has 0 atom stereocenters. The van der Waals surface area contributed by atoms with E-state index >= 15 is 0 Å². The Morgan fingerprint density at radius 2 is 1.79 bits per heavy atom. The fourth-order valence-electron chi connectivity index (χ4n) is 1.05. The smallest absolute Gasteiger partial charge is 0.231 e. The van der Waals surface area contributed by atoms with Crippen LogP contribution in [0.5, 0.6) is 0 Å². The molecule has 70 valence electrons. The first-order valence-corrected chi connectivity index (χ1v) is 4.14. The van der Waals surface area contributed by atoms with Crippen molar-refractivity contribution in [3.63, 3.8) is 0 Å². The van der Waals surface area contributed by atoms with Crippen LogP contribution in [0.25, 0.3) is 0 Å². The highest BCUT2D eigenvalue weighted by Crippen LogP contribution is 2.11. The lowest BCUT2D eigenvalue weighted by molar-refractivity contribution is 0.577. The summed E-state index contributed by atoms with van der Waals surface area (Å²) in [4.78, 5) is 7.31. The molecular formula is C10H8FN3. The summed E-state index contributed by atoms with van der Waals surface area (Å²) in [6.45, 7) is 0. The van der Waals surface area contributed by atoms with E-state index in [9.17, 15) is 4.39 Å². The van der Waals surface area contributed by atoms with Crippen molar-refractivity contribution in [2.45, 2.75) is 0 Å². The molecule has 0 spiro atoms. The molecule has 4 heteroatoms. The Labute approximate surface area is 80.6 Å². The third-order valence-electron chi connectivity index (χ3n) is 1.67. The van der Waals surface area contributed by atoms with E-state index in [1.165, 1.54) is 6.20 Å². The van der Waals surface area contributed by atoms with Gasteiger partial charge < -0.3 is 5.32 Å². The molecule has 1 heterocycles. The molecule has 1 aromatic heterocycles. The predicted molar refractivity (Wildman–Crippen MR) is 51.7 cm³/mol. The van der Waals surface area contributed by atoms with Crippen LogP contribution < -0.4 is 5.32 Å². The highest BCUT2D eigenvalue weighted by Gasteiger charge is 1.95. The van der Waals surface area contributed by atoms with Crippen LogP contribution in [0, 0.1) is 5.95 Å². The molecule has 0 saturated heterocycles.